The molecule has 2 amide bonds. The summed E-state index contributed by atoms with van der Waals surface area (Å²) in [5.41, 5.74) is -1.28. The van der Waals surface area contributed by atoms with Gasteiger partial charge in [0.2, 0.25) is 5.91 Å². The third-order valence-electron chi connectivity index (χ3n) is 4.10. The fraction of sp³-hybridized carbons (Fsp3) is 0.538. The van der Waals surface area contributed by atoms with Crippen molar-refractivity contribution in [1.29, 1.82) is 0 Å². The summed E-state index contributed by atoms with van der Waals surface area (Å²) in [6, 6.07) is 1.21. The van der Waals surface area contributed by atoms with Gasteiger partial charge in [0.15, 0.2) is 0 Å². The van der Waals surface area contributed by atoms with Gasteiger partial charge in [0.1, 0.15) is 5.69 Å². The SMILES string of the molecule is O=C1CCC2CN(C(=O)c3cc(=O)[nH]c(=O)[nH]3)CCC2N1. The summed E-state index contributed by atoms with van der Waals surface area (Å²) < 4.78 is 0. The molecule has 21 heavy (non-hydrogen) atoms. The van der Waals surface area contributed by atoms with Crippen molar-refractivity contribution >= 4 is 11.8 Å². The number of likely N-dealkylation sites (tertiary alicyclic amines) is 1. The lowest BCUT2D eigenvalue weighted by atomic mass is 9.85. The molecular weight excluding hydrogens is 276 g/mol. The number of fused-ring (bicyclic) bond motifs is 1. The number of rotatable bonds is 1. The number of carbonyl (C=O) groups excluding carboxylic acids is 2. The van der Waals surface area contributed by atoms with Crippen LogP contribution < -0.4 is 16.6 Å². The van der Waals surface area contributed by atoms with Crippen molar-refractivity contribution in [2.75, 3.05) is 13.1 Å². The van der Waals surface area contributed by atoms with Crippen molar-refractivity contribution in [3.8, 4) is 0 Å². The van der Waals surface area contributed by atoms with E-state index in [9.17, 15) is 19.2 Å². The summed E-state index contributed by atoms with van der Waals surface area (Å²) in [6.45, 7) is 1.02. The molecule has 0 radical (unpaired) electrons. The minimum absolute atomic E-state index is 0.00189. The van der Waals surface area contributed by atoms with Crippen LogP contribution in [0.4, 0.5) is 0 Å². The van der Waals surface area contributed by atoms with Crippen molar-refractivity contribution in [3.63, 3.8) is 0 Å². The van der Waals surface area contributed by atoms with Crippen molar-refractivity contribution in [3.05, 3.63) is 32.6 Å². The summed E-state index contributed by atoms with van der Waals surface area (Å²) in [6.07, 6.45) is 1.92. The van der Waals surface area contributed by atoms with E-state index in [1.165, 1.54) is 0 Å². The predicted molar refractivity (Wildman–Crippen MR) is 72.9 cm³/mol. The lowest BCUT2D eigenvalue weighted by Crippen LogP contribution is -2.55. The van der Waals surface area contributed by atoms with Gasteiger partial charge in [-0.25, -0.2) is 4.79 Å². The molecule has 0 aliphatic carbocycles. The summed E-state index contributed by atoms with van der Waals surface area (Å²) in [5.74, 6) is -0.0578. The minimum atomic E-state index is -0.689. The molecule has 2 unspecified atom stereocenters. The molecule has 1 aromatic heterocycles. The van der Waals surface area contributed by atoms with Crippen molar-refractivity contribution in [2.24, 2.45) is 5.92 Å². The maximum atomic E-state index is 12.4. The Morgan fingerprint density at radius 1 is 1.19 bits per heavy atom. The number of hydrogen-bond donors (Lipinski definition) is 3. The molecular formula is C13H16N4O4. The number of nitrogens with one attached hydrogen (secondary N) is 3. The molecule has 2 aliphatic heterocycles. The first-order chi connectivity index (χ1) is 10.0. The largest absolute Gasteiger partial charge is 0.353 e. The van der Waals surface area contributed by atoms with E-state index in [0.29, 0.717) is 25.9 Å². The standard InChI is InChI=1S/C13H16N4O4/c18-10-2-1-7-6-17(4-3-8(7)14-10)12(20)9-5-11(19)16-13(21)15-9/h5,7-8H,1-4,6H2,(H,14,18)(H2,15,16,19,21). The number of amides is 2. The van der Waals surface area contributed by atoms with E-state index >= 15 is 0 Å². The van der Waals surface area contributed by atoms with E-state index in [0.717, 1.165) is 12.5 Å². The van der Waals surface area contributed by atoms with Gasteiger partial charge in [-0.2, -0.15) is 0 Å². The monoisotopic (exact) mass is 292 g/mol. The van der Waals surface area contributed by atoms with Gasteiger partial charge in [-0.15, -0.1) is 0 Å². The van der Waals surface area contributed by atoms with Gasteiger partial charge in [0.25, 0.3) is 11.5 Å². The highest BCUT2D eigenvalue weighted by molar-refractivity contribution is 5.92. The maximum Gasteiger partial charge on any atom is 0.326 e. The third kappa shape index (κ3) is 2.74. The van der Waals surface area contributed by atoms with Gasteiger partial charge in [0, 0.05) is 31.6 Å². The van der Waals surface area contributed by atoms with Crippen molar-refractivity contribution < 1.29 is 9.59 Å². The van der Waals surface area contributed by atoms with Crippen LogP contribution >= 0.6 is 0 Å². The number of H-pyrrole nitrogens is 2. The average molecular weight is 292 g/mol. The molecule has 0 spiro atoms. The molecule has 0 aromatic carbocycles. The van der Waals surface area contributed by atoms with Gasteiger partial charge in [0.05, 0.1) is 0 Å². The summed E-state index contributed by atoms with van der Waals surface area (Å²) >= 11 is 0. The zero-order chi connectivity index (χ0) is 15.0. The molecule has 2 atom stereocenters. The maximum absolute atomic E-state index is 12.4. The first-order valence-electron chi connectivity index (χ1n) is 6.95. The average Bonchev–Trinajstić information content (AvgIpc) is 2.45. The fourth-order valence-corrected chi connectivity index (χ4v) is 3.05. The Labute approximate surface area is 119 Å². The van der Waals surface area contributed by atoms with Crippen LogP contribution in [0.5, 0.6) is 0 Å². The van der Waals surface area contributed by atoms with Gasteiger partial charge in [-0.1, -0.05) is 0 Å². The lowest BCUT2D eigenvalue weighted by molar-refractivity contribution is -0.125. The molecule has 3 heterocycles. The third-order valence-corrected chi connectivity index (χ3v) is 4.10. The van der Waals surface area contributed by atoms with E-state index in [-0.39, 0.29) is 29.5 Å². The highest BCUT2D eigenvalue weighted by Crippen LogP contribution is 2.25. The smallest absolute Gasteiger partial charge is 0.326 e. The van der Waals surface area contributed by atoms with Crippen molar-refractivity contribution in [2.45, 2.75) is 25.3 Å². The first kappa shape index (κ1) is 13.6. The zero-order valence-electron chi connectivity index (χ0n) is 11.3. The molecule has 3 rings (SSSR count). The van der Waals surface area contributed by atoms with Crippen molar-refractivity contribution in [1.82, 2.24) is 20.2 Å². The number of carbonyl (C=O) groups is 2. The Hall–Kier alpha value is -2.38. The molecule has 2 aliphatic rings. The fourth-order valence-electron chi connectivity index (χ4n) is 3.05. The second-order valence-corrected chi connectivity index (χ2v) is 5.51. The Balaban J connectivity index is 1.76. The van der Waals surface area contributed by atoms with E-state index in [4.69, 9.17) is 0 Å². The normalized spacial score (nSPS) is 25.1. The summed E-state index contributed by atoms with van der Waals surface area (Å²) in [7, 11) is 0. The van der Waals surface area contributed by atoms with Crippen LogP contribution in [0.1, 0.15) is 29.8 Å². The number of piperidine rings is 2. The van der Waals surface area contributed by atoms with E-state index in [1.54, 1.807) is 4.90 Å². The lowest BCUT2D eigenvalue weighted by Gasteiger charge is -2.41. The molecule has 1 aromatic rings. The van der Waals surface area contributed by atoms with Crippen LogP contribution in [-0.2, 0) is 4.79 Å². The number of aromatic nitrogens is 2. The quantitative estimate of drug-likeness (QED) is 0.603. The molecule has 2 saturated heterocycles. The van der Waals surface area contributed by atoms with Gasteiger partial charge < -0.3 is 15.2 Å². The van der Waals surface area contributed by atoms with Crippen LogP contribution in [0.25, 0.3) is 0 Å². The summed E-state index contributed by atoms with van der Waals surface area (Å²) in [5, 5.41) is 2.95. The van der Waals surface area contributed by atoms with Crippen LogP contribution in [-0.4, -0.2) is 45.8 Å². The van der Waals surface area contributed by atoms with Gasteiger partial charge >= 0.3 is 5.69 Å². The molecule has 0 bridgehead atoms. The summed E-state index contributed by atoms with van der Waals surface area (Å²) in [4.78, 5) is 52.2. The Bertz CT molecular complexity index is 664. The molecule has 3 N–H and O–H groups in total. The van der Waals surface area contributed by atoms with Crippen LogP contribution in [0, 0.1) is 5.92 Å². The van der Waals surface area contributed by atoms with E-state index < -0.39 is 11.2 Å². The topological polar surface area (TPSA) is 115 Å². The highest BCUT2D eigenvalue weighted by Gasteiger charge is 2.35. The van der Waals surface area contributed by atoms with Gasteiger partial charge in [-0.3, -0.25) is 19.4 Å². The van der Waals surface area contributed by atoms with Gasteiger partial charge in [-0.05, 0) is 18.8 Å². The Morgan fingerprint density at radius 2 is 2.00 bits per heavy atom. The molecule has 8 heteroatoms. The zero-order valence-corrected chi connectivity index (χ0v) is 11.3. The second kappa shape index (κ2) is 5.19. The van der Waals surface area contributed by atoms with Crippen LogP contribution in [0.2, 0.25) is 0 Å². The number of aromatic amines is 2. The highest BCUT2D eigenvalue weighted by atomic mass is 16.2. The molecule has 2 fully saturated rings. The number of nitrogens with zero attached hydrogens (tertiary/aromatic N) is 1. The minimum Gasteiger partial charge on any atom is -0.353 e. The van der Waals surface area contributed by atoms with Crippen LogP contribution in [0.15, 0.2) is 15.7 Å². The first-order valence-corrected chi connectivity index (χ1v) is 6.95. The Kier molecular flexibility index (Phi) is 3.36. The molecule has 112 valence electrons. The van der Waals surface area contributed by atoms with Crippen LogP contribution in [0.3, 0.4) is 0 Å². The predicted octanol–water partition coefficient (Wildman–Crippen LogP) is -1.20. The molecule has 0 saturated carbocycles. The van der Waals surface area contributed by atoms with E-state index in [1.807, 2.05) is 4.98 Å². The molecule has 8 nitrogen and oxygen atoms in total. The Morgan fingerprint density at radius 3 is 2.76 bits per heavy atom. The second-order valence-electron chi connectivity index (χ2n) is 5.51. The number of hydrogen-bond acceptors (Lipinski definition) is 4. The van der Waals surface area contributed by atoms with E-state index in [2.05, 4.69) is 10.3 Å².